The summed E-state index contributed by atoms with van der Waals surface area (Å²) in [6.07, 6.45) is 13.4. The third-order valence-electron chi connectivity index (χ3n) is 29.0. The molecule has 32 heteroatoms. The van der Waals surface area contributed by atoms with E-state index in [9.17, 15) is 61.6 Å². The number of fused-ring (bicyclic) bond motifs is 8. The van der Waals surface area contributed by atoms with E-state index in [1.807, 2.05) is 137 Å². The van der Waals surface area contributed by atoms with E-state index in [0.29, 0.717) is 65.4 Å². The molecule has 10 aliphatic rings. The Balaban J connectivity index is 0.000000140. The number of amides is 4. The summed E-state index contributed by atoms with van der Waals surface area (Å²) in [6, 6.07) is 54.3. The Morgan fingerprint density at radius 1 is 0.384 bits per heavy atom. The minimum atomic E-state index is -3.62. The van der Waals surface area contributed by atoms with Crippen LogP contribution >= 0.6 is 0 Å². The van der Waals surface area contributed by atoms with Gasteiger partial charge in [-0.25, -0.2) is 42.5 Å². The molecule has 8 aromatic rings. The number of methoxy groups -OCH3 is 2. The molecule has 4 N–H and O–H groups in total. The van der Waals surface area contributed by atoms with Crippen molar-refractivity contribution in [3.8, 4) is 34.5 Å². The highest BCUT2D eigenvalue weighted by Gasteiger charge is 2.65. The summed E-state index contributed by atoms with van der Waals surface area (Å²) in [5.74, 6) is 3.00. The number of hydrogen-bond donors (Lipinski definition) is 4. The number of likely N-dealkylation sites (tertiary alicyclic amines) is 4. The monoisotopic (exact) mass is 1960 g/mol. The number of sulfonamides is 4. The van der Waals surface area contributed by atoms with Gasteiger partial charge in [-0.2, -0.15) is 0 Å². The van der Waals surface area contributed by atoms with E-state index in [1.54, 1.807) is 40.2 Å². The Labute approximate surface area is 810 Å². The lowest BCUT2D eigenvalue weighted by atomic mass is 9.80. The molecule has 2 aliphatic carbocycles. The summed E-state index contributed by atoms with van der Waals surface area (Å²) in [4.78, 5) is 59.9. The van der Waals surface area contributed by atoms with Crippen LogP contribution in [0.25, 0.3) is 22.3 Å². The number of benzene rings is 8. The van der Waals surface area contributed by atoms with Gasteiger partial charge in [-0.15, -0.1) is 0 Å². The molecule has 6 fully saturated rings. The van der Waals surface area contributed by atoms with Crippen LogP contribution in [0.4, 0.5) is 8.78 Å². The van der Waals surface area contributed by atoms with Gasteiger partial charge in [-0.3, -0.25) is 38.1 Å². The summed E-state index contributed by atoms with van der Waals surface area (Å²) in [6.45, 7) is 21.5. The molecule has 2 saturated carbocycles. The number of para-hydroxylation sites is 4. The first kappa shape index (κ1) is 101. The second-order valence-corrected chi connectivity index (χ2v) is 45.9. The van der Waals surface area contributed by atoms with Crippen molar-refractivity contribution in [3.05, 3.63) is 271 Å². The van der Waals surface area contributed by atoms with Crippen LogP contribution in [0.15, 0.2) is 192 Å². The van der Waals surface area contributed by atoms with E-state index in [0.717, 1.165) is 243 Å². The van der Waals surface area contributed by atoms with Crippen LogP contribution in [0, 0.1) is 45.1 Å². The Bertz CT molecular complexity index is 6230. The average Bonchev–Trinajstić information content (AvgIpc) is 1.55. The molecule has 4 saturated heterocycles. The minimum Gasteiger partial charge on any atom is -0.497 e. The predicted molar refractivity (Wildman–Crippen MR) is 530 cm³/mol. The Morgan fingerprint density at radius 3 is 1.00 bits per heavy atom. The van der Waals surface area contributed by atoms with Crippen LogP contribution in [-0.2, 0) is 85.7 Å². The van der Waals surface area contributed by atoms with E-state index in [-0.39, 0.29) is 29.4 Å². The molecule has 0 radical (unpaired) electrons. The van der Waals surface area contributed by atoms with Gasteiger partial charge in [0.05, 0.1) is 60.9 Å². The number of hydrogen-bond acceptors (Lipinski definition) is 22. The van der Waals surface area contributed by atoms with Crippen LogP contribution in [0.1, 0.15) is 185 Å². The molecule has 0 aromatic heterocycles. The van der Waals surface area contributed by atoms with E-state index in [4.69, 9.17) is 28.4 Å². The highest BCUT2D eigenvalue weighted by Crippen LogP contribution is 2.60. The number of nitrogens with one attached hydrogen (secondary N) is 4. The van der Waals surface area contributed by atoms with Crippen LogP contribution in [-0.4, -0.2) is 195 Å². The van der Waals surface area contributed by atoms with Crippen molar-refractivity contribution in [1.82, 2.24) is 38.5 Å². The highest BCUT2D eigenvalue weighted by atomic mass is 32.2. The zero-order valence-electron chi connectivity index (χ0n) is 80.6. The van der Waals surface area contributed by atoms with E-state index < -0.39 is 79.5 Å². The molecule has 0 spiro atoms. The number of ether oxygens (including phenoxy) is 6. The molecule has 736 valence electrons. The fourth-order valence-corrected chi connectivity index (χ4v) is 23.2. The quantitative estimate of drug-likeness (QED) is 0.0551. The van der Waals surface area contributed by atoms with Gasteiger partial charge in [0.15, 0.2) is 0 Å². The Kier molecular flexibility index (Phi) is 30.7. The van der Waals surface area contributed by atoms with Crippen molar-refractivity contribution in [2.75, 3.05) is 118 Å². The topological polar surface area (TPSA) is 321 Å². The number of carbonyl (C=O) groups excluding carboxylic acids is 4. The van der Waals surface area contributed by atoms with Crippen molar-refractivity contribution in [2.24, 2.45) is 33.5 Å². The van der Waals surface area contributed by atoms with Crippen LogP contribution in [0.2, 0.25) is 0 Å². The predicted octanol–water partition coefficient (Wildman–Crippen LogP) is 15.4. The van der Waals surface area contributed by atoms with Gasteiger partial charge in [0, 0.05) is 123 Å². The molecule has 0 bridgehead atoms. The van der Waals surface area contributed by atoms with E-state index >= 15 is 0 Å². The van der Waals surface area contributed by atoms with Crippen molar-refractivity contribution in [3.63, 3.8) is 0 Å². The smallest absolute Gasteiger partial charge is 0.241 e. The van der Waals surface area contributed by atoms with Crippen LogP contribution < -0.4 is 47.3 Å². The molecule has 26 nitrogen and oxygen atoms in total. The molecule has 8 heterocycles. The van der Waals surface area contributed by atoms with Gasteiger partial charge in [0.25, 0.3) is 0 Å². The second kappa shape index (κ2) is 41.7. The first-order chi connectivity index (χ1) is 65.6. The number of rotatable bonds is 20. The van der Waals surface area contributed by atoms with Crippen molar-refractivity contribution < 1.29 is 90.1 Å². The maximum absolute atomic E-state index is 14.0. The van der Waals surface area contributed by atoms with Gasteiger partial charge in [0.2, 0.25) is 63.7 Å². The lowest BCUT2D eigenvalue weighted by Crippen LogP contribution is -2.50. The summed E-state index contributed by atoms with van der Waals surface area (Å²) >= 11 is 0. The lowest BCUT2D eigenvalue weighted by Gasteiger charge is -2.38. The largest absolute Gasteiger partial charge is 0.497 e. The molecular weight excluding hydrogens is 1840 g/mol. The Hall–Kier alpha value is -11.1. The van der Waals surface area contributed by atoms with Gasteiger partial charge in [0.1, 0.15) is 72.6 Å². The SMILES string of the molecule is CC1C(C)C1(CN1CCC(=C2c3ccc(F)cc3COc3ccccc32)CC1)C(=O)NS(C)(=O)=O.CCC(CC)(CN1CCC(=C2c3ccc(F)cc3COc3ccccc32)CC1)C(=O)NS(C)(=O)=O.COc1ccc2c(c1)COc1ccccc1C2=C1CCN(CC(C)(C)C(=O)NS(C)(=O)=O)CC1.COc1ccc2c(c1)COc1ccccc1C2=C1CCN(CC2(C(=O)NS(C)(=O)=O)CC2)CC1. The zero-order chi connectivity index (χ0) is 98.6. The first-order valence-electron chi connectivity index (χ1n) is 47.3. The Morgan fingerprint density at radius 2 is 0.681 bits per heavy atom. The first-order valence-corrected chi connectivity index (χ1v) is 54.8. The van der Waals surface area contributed by atoms with Crippen LogP contribution in [0.3, 0.4) is 0 Å². The number of carbonyl (C=O) groups is 4. The van der Waals surface area contributed by atoms with E-state index in [1.165, 1.54) is 56.7 Å². The van der Waals surface area contributed by atoms with Crippen molar-refractivity contribution in [1.29, 1.82) is 0 Å². The molecule has 8 aliphatic heterocycles. The molecule has 4 amide bonds. The van der Waals surface area contributed by atoms with Gasteiger partial charge in [-0.05, 0) is 220 Å². The molecule has 138 heavy (non-hydrogen) atoms. The van der Waals surface area contributed by atoms with Crippen molar-refractivity contribution in [2.45, 2.75) is 145 Å². The minimum absolute atomic E-state index is 0.122. The molecule has 2 unspecified atom stereocenters. The van der Waals surface area contributed by atoms with Gasteiger partial charge < -0.3 is 48.0 Å². The van der Waals surface area contributed by atoms with Crippen molar-refractivity contribution >= 4 is 86.0 Å². The molecule has 2 atom stereocenters. The normalized spacial score (nSPS) is 19.8. The maximum Gasteiger partial charge on any atom is 0.241 e. The van der Waals surface area contributed by atoms with Gasteiger partial charge >= 0.3 is 0 Å². The molecule has 8 aromatic carbocycles. The molecule has 18 rings (SSSR count). The summed E-state index contributed by atoms with van der Waals surface area (Å²) in [7, 11) is -11.0. The lowest BCUT2D eigenvalue weighted by molar-refractivity contribution is -0.131. The third kappa shape index (κ3) is 23.5. The van der Waals surface area contributed by atoms with Gasteiger partial charge in [-0.1, -0.05) is 147 Å². The molecular formula is C106H126F2N8O18S4. The number of nitrogens with zero attached hydrogens (tertiary/aromatic N) is 4. The summed E-state index contributed by atoms with van der Waals surface area (Å²) < 4.78 is 165. The number of piperidine rings is 4. The van der Waals surface area contributed by atoms with E-state index in [2.05, 4.69) is 74.9 Å². The fourth-order valence-electron chi connectivity index (χ4n) is 20.9. The highest BCUT2D eigenvalue weighted by molar-refractivity contribution is 7.90. The third-order valence-corrected chi connectivity index (χ3v) is 31.2. The maximum atomic E-state index is 14.0. The summed E-state index contributed by atoms with van der Waals surface area (Å²) in [5.41, 5.74) is 19.7. The standard InChI is InChI=1S/C27H31FN2O4S.C27H33FN2O4S.C26H30N2O5S.C26H32N2O5S/c1-17-18(2)27(17,26(31)29-35(3,32)33)16-30-12-10-19(11-13-30)25-22-9-8-21(28)14-20(22)15-34-24-7-5-4-6-23(24)25;1-4-27(5-2,26(31)29-35(3,32)33)18-30-14-12-19(13-15-30)25-22-11-10-21(28)16-20(22)17-34-24-9-7-6-8-23(24)25;1-32-20-7-8-21-19(15-20)16-33-23-6-4-3-5-22(23)24(21)18-9-13-28(14-10-18)17-26(11-12-26)25(29)27-34(2,30)31;1-26(2,25(29)27-34(4,30)31)17-28-13-11-18(12-14-28)24-21-10-9-20(32-3)15-19(21)16-33-23-8-6-5-7-22(23)24/h4-9,14,17-18H,10-13,15-16H2,1-3H3,(H,29,31);6-11,16H,4-5,12-15,17-18H2,1-3H3,(H,29,31);3-8,15H,9-14,16-17H2,1-2H3,(H,27,29);5-10,15H,11-14,16-17H2,1-4H3,(H,27,29). The average molecular weight is 1970 g/mol. The summed E-state index contributed by atoms with van der Waals surface area (Å²) in [5, 5.41) is 0. The fraction of sp³-hybridized carbons (Fsp3) is 0.434. The van der Waals surface area contributed by atoms with Crippen LogP contribution in [0.5, 0.6) is 34.5 Å². The number of halogens is 2. The second-order valence-electron chi connectivity index (χ2n) is 38.9. The zero-order valence-corrected chi connectivity index (χ0v) is 83.9.